The van der Waals surface area contributed by atoms with Gasteiger partial charge in [-0.15, -0.1) is 0 Å². The fourth-order valence-electron chi connectivity index (χ4n) is 1.64. The summed E-state index contributed by atoms with van der Waals surface area (Å²) in [6.07, 6.45) is 2.17. The van der Waals surface area contributed by atoms with Crippen molar-refractivity contribution in [2.75, 3.05) is 0 Å². The van der Waals surface area contributed by atoms with E-state index < -0.39 is 15.6 Å². The molecule has 1 aromatic heterocycles. The van der Waals surface area contributed by atoms with Gasteiger partial charge in [0, 0.05) is 38.3 Å². The van der Waals surface area contributed by atoms with Gasteiger partial charge in [-0.2, -0.15) is 17.7 Å². The number of alkyl halides is 3. The van der Waals surface area contributed by atoms with Crippen LogP contribution in [0.3, 0.4) is 0 Å². The van der Waals surface area contributed by atoms with E-state index in [2.05, 4.69) is 70.5 Å². The van der Waals surface area contributed by atoms with Gasteiger partial charge in [-0.25, -0.2) is 8.42 Å². The van der Waals surface area contributed by atoms with Crippen molar-refractivity contribution >= 4 is 10.1 Å². The van der Waals surface area contributed by atoms with Crippen molar-refractivity contribution in [3.63, 3.8) is 0 Å². The molecule has 4 nitrogen and oxygen atoms in total. The maximum Gasteiger partial charge on any atom is 0.485 e. The summed E-state index contributed by atoms with van der Waals surface area (Å²) in [5.41, 5.74) is -3.90. The minimum absolute atomic E-state index is 0.157. The Labute approximate surface area is 129 Å². The van der Waals surface area contributed by atoms with E-state index in [0.29, 0.717) is 0 Å². The number of hydrogen-bond donors (Lipinski definition) is 0. The third kappa shape index (κ3) is 6.31. The second-order valence-electron chi connectivity index (χ2n) is 6.78. The predicted octanol–water partition coefficient (Wildman–Crippen LogP) is 3.08. The normalized spacial score (nSPS) is 13.4. The third-order valence-electron chi connectivity index (χ3n) is 2.63. The first-order valence-electron chi connectivity index (χ1n) is 6.52. The van der Waals surface area contributed by atoms with Crippen molar-refractivity contribution in [1.82, 2.24) is 0 Å². The Hall–Kier alpha value is -1.15. The van der Waals surface area contributed by atoms with Gasteiger partial charge in [0.05, 0.1) is 0 Å². The molecule has 0 radical (unpaired) electrons. The van der Waals surface area contributed by atoms with E-state index in [0.717, 1.165) is 0 Å². The fourth-order valence-corrected chi connectivity index (χ4v) is 1.64. The molecule has 0 aliphatic carbocycles. The van der Waals surface area contributed by atoms with Crippen LogP contribution in [0.5, 0.6) is 0 Å². The smallest absolute Gasteiger partial charge is 0.485 e. The van der Waals surface area contributed by atoms with Gasteiger partial charge in [0.15, 0.2) is 27.5 Å². The summed E-state index contributed by atoms with van der Waals surface area (Å²) in [5.74, 6) is 0. The van der Waals surface area contributed by atoms with E-state index in [-0.39, 0.29) is 11.0 Å². The van der Waals surface area contributed by atoms with Gasteiger partial charge in [-0.1, -0.05) is 26.8 Å². The number of rotatable bonds is 0. The van der Waals surface area contributed by atoms with E-state index in [1.807, 2.05) is 0 Å². The van der Waals surface area contributed by atoms with Crippen LogP contribution in [0.25, 0.3) is 0 Å². The molecule has 0 atom stereocenters. The van der Waals surface area contributed by atoms with Crippen molar-refractivity contribution < 1.29 is 30.7 Å². The highest BCUT2D eigenvalue weighted by molar-refractivity contribution is 7.86. The topological polar surface area (TPSA) is 61.1 Å². The summed E-state index contributed by atoms with van der Waals surface area (Å²) in [6.45, 7) is 13.5. The Morgan fingerprint density at radius 2 is 1.41 bits per heavy atom. The Morgan fingerprint density at radius 1 is 1.00 bits per heavy atom. The van der Waals surface area contributed by atoms with Gasteiger partial charge in [-0.05, 0) is 0 Å². The molecule has 1 rings (SSSR count). The first-order valence-corrected chi connectivity index (χ1v) is 7.92. The van der Waals surface area contributed by atoms with Gasteiger partial charge in [-0.3, -0.25) is 0 Å². The molecule has 0 aliphatic heterocycles. The largest absolute Gasteiger partial charge is 0.741 e. The minimum Gasteiger partial charge on any atom is -0.741 e. The van der Waals surface area contributed by atoms with Crippen LogP contribution in [0, 0.1) is 0 Å². The molecule has 1 heterocycles. The molecular weight excluding hydrogens is 319 g/mol. The van der Waals surface area contributed by atoms with E-state index in [9.17, 15) is 13.2 Å². The Bertz CT molecular complexity index is 564. The minimum atomic E-state index is -6.09. The lowest BCUT2D eigenvalue weighted by molar-refractivity contribution is -0.763. The van der Waals surface area contributed by atoms with E-state index in [1.165, 1.54) is 5.69 Å². The molecule has 0 aromatic carbocycles. The van der Waals surface area contributed by atoms with Crippen LogP contribution in [-0.4, -0.2) is 18.5 Å². The molecule has 0 saturated carbocycles. The second-order valence-corrected chi connectivity index (χ2v) is 8.15. The second kappa shape index (κ2) is 6.54. The molecular formula is C14H22F3NO3S. The predicted molar refractivity (Wildman–Crippen MR) is 76.1 cm³/mol. The zero-order chi connectivity index (χ0) is 18.0. The van der Waals surface area contributed by atoms with Crippen LogP contribution in [0.15, 0.2) is 24.4 Å². The molecule has 0 fully saturated rings. The van der Waals surface area contributed by atoms with Crippen molar-refractivity contribution in [3.05, 3.63) is 30.1 Å². The highest BCUT2D eigenvalue weighted by Gasteiger charge is 2.37. The summed E-state index contributed by atoms with van der Waals surface area (Å²) >= 11 is 0. The summed E-state index contributed by atoms with van der Waals surface area (Å²) < 4.78 is 61.3. The number of pyridine rings is 1. The zero-order valence-corrected chi connectivity index (χ0v) is 14.3. The van der Waals surface area contributed by atoms with Crippen LogP contribution < -0.4 is 4.57 Å². The highest BCUT2D eigenvalue weighted by atomic mass is 32.2. The van der Waals surface area contributed by atoms with E-state index >= 15 is 0 Å². The quantitative estimate of drug-likeness (QED) is 0.414. The lowest BCUT2D eigenvalue weighted by Crippen LogP contribution is -2.55. The molecule has 0 unspecified atom stereocenters. The van der Waals surface area contributed by atoms with Gasteiger partial charge >= 0.3 is 5.51 Å². The maximum absolute atomic E-state index is 10.7. The van der Waals surface area contributed by atoms with Crippen LogP contribution in [0.2, 0.25) is 0 Å². The van der Waals surface area contributed by atoms with Gasteiger partial charge in [0.1, 0.15) is 0 Å². The Morgan fingerprint density at radius 3 is 1.64 bits per heavy atom. The number of halogens is 3. The van der Waals surface area contributed by atoms with Crippen molar-refractivity contribution in [2.45, 2.75) is 58.0 Å². The van der Waals surface area contributed by atoms with Crippen molar-refractivity contribution in [3.8, 4) is 0 Å². The molecule has 128 valence electrons. The molecule has 0 saturated heterocycles. The first kappa shape index (κ1) is 20.9. The first-order chi connectivity index (χ1) is 9.48. The van der Waals surface area contributed by atoms with E-state index in [4.69, 9.17) is 13.0 Å². The molecule has 0 spiro atoms. The van der Waals surface area contributed by atoms with Crippen LogP contribution in [-0.2, 0) is 21.1 Å². The lowest BCUT2D eigenvalue weighted by Gasteiger charge is -2.23. The van der Waals surface area contributed by atoms with Crippen LogP contribution in [0.1, 0.15) is 47.2 Å². The lowest BCUT2D eigenvalue weighted by atomic mass is 9.89. The standard InChI is InChI=1S/C13H22N.CHF3O3S/c1-12(2,3)11-9-7-8-10-14(11)13(4,5)6;2-1(3,4)8(5,6)7/h7-10H,1-6H3;(H,5,6,7)/q+1;/p-1. The Kier molecular flexibility index (Phi) is 6.19. The highest BCUT2D eigenvalue weighted by Crippen LogP contribution is 2.21. The van der Waals surface area contributed by atoms with Crippen LogP contribution in [0.4, 0.5) is 13.2 Å². The van der Waals surface area contributed by atoms with Crippen molar-refractivity contribution in [2.24, 2.45) is 0 Å². The molecule has 0 aliphatic rings. The SMILES string of the molecule is CC(C)(C)c1cccc[n+]1C(C)(C)C.O=S(=O)([O-])C(F)(F)F. The summed E-state index contributed by atoms with van der Waals surface area (Å²) in [7, 11) is -6.09. The average molecular weight is 341 g/mol. The molecule has 0 amide bonds. The zero-order valence-electron chi connectivity index (χ0n) is 13.5. The maximum atomic E-state index is 10.7. The van der Waals surface area contributed by atoms with Crippen molar-refractivity contribution in [1.29, 1.82) is 0 Å². The summed E-state index contributed by atoms with van der Waals surface area (Å²) in [5, 5.41) is 0. The monoisotopic (exact) mass is 341 g/mol. The fraction of sp³-hybridized carbons (Fsp3) is 0.643. The molecule has 1 aromatic rings. The number of nitrogens with zero attached hydrogens (tertiary/aromatic N) is 1. The molecule has 0 N–H and O–H groups in total. The Balaban J connectivity index is 0.000000472. The van der Waals surface area contributed by atoms with Gasteiger partial charge < -0.3 is 4.55 Å². The van der Waals surface area contributed by atoms with E-state index in [1.54, 1.807) is 0 Å². The van der Waals surface area contributed by atoms with Gasteiger partial charge in [0.25, 0.3) is 0 Å². The average Bonchev–Trinajstić information content (AvgIpc) is 2.24. The third-order valence-corrected chi connectivity index (χ3v) is 3.20. The van der Waals surface area contributed by atoms with Crippen LogP contribution >= 0.6 is 0 Å². The number of hydrogen-bond acceptors (Lipinski definition) is 3. The molecule has 0 bridgehead atoms. The molecule has 8 heteroatoms. The summed E-state index contributed by atoms with van der Waals surface area (Å²) in [6, 6.07) is 6.43. The van der Waals surface area contributed by atoms with Gasteiger partial charge in [0.2, 0.25) is 0 Å². The number of aromatic nitrogens is 1. The summed E-state index contributed by atoms with van der Waals surface area (Å²) in [4.78, 5) is 0. The molecule has 22 heavy (non-hydrogen) atoms.